The number of rotatable bonds is 3. The van der Waals surface area contributed by atoms with Crippen LogP contribution in [0.1, 0.15) is 6.92 Å². The molecular formula is C15H13N5O2. The average Bonchev–Trinajstić information content (AvgIpc) is 3.09. The molecule has 0 bridgehead atoms. The molecule has 1 aliphatic rings. The first kappa shape index (κ1) is 12.9. The van der Waals surface area contributed by atoms with Gasteiger partial charge in [0, 0.05) is 5.39 Å². The van der Waals surface area contributed by atoms with E-state index in [1.807, 2.05) is 28.8 Å². The Morgan fingerprint density at radius 2 is 2.00 bits per heavy atom. The van der Waals surface area contributed by atoms with Crippen molar-refractivity contribution in [2.45, 2.75) is 13.5 Å². The summed E-state index contributed by atoms with van der Waals surface area (Å²) in [4.78, 5) is 29.4. The Hall–Kier alpha value is -2.83. The van der Waals surface area contributed by atoms with Crippen molar-refractivity contribution < 1.29 is 9.53 Å². The molecule has 0 radical (unpaired) electrons. The summed E-state index contributed by atoms with van der Waals surface area (Å²) < 4.78 is 6.88. The lowest BCUT2D eigenvalue weighted by atomic mass is 10.2. The maximum atomic E-state index is 11.9. The Bertz CT molecular complexity index is 1020. The van der Waals surface area contributed by atoms with Gasteiger partial charge in [0.2, 0.25) is 0 Å². The summed E-state index contributed by atoms with van der Waals surface area (Å²) in [7, 11) is 0. The van der Waals surface area contributed by atoms with Crippen molar-refractivity contribution in [1.29, 1.82) is 0 Å². The third-order valence-electron chi connectivity index (χ3n) is 3.58. The Morgan fingerprint density at radius 1 is 1.23 bits per heavy atom. The number of hydrogen-bond acceptors (Lipinski definition) is 6. The zero-order valence-electron chi connectivity index (χ0n) is 12.0. The monoisotopic (exact) mass is 295 g/mol. The molecule has 0 saturated heterocycles. The van der Waals surface area contributed by atoms with E-state index in [-0.39, 0.29) is 12.5 Å². The third-order valence-corrected chi connectivity index (χ3v) is 3.58. The molecule has 0 atom stereocenters. The number of para-hydroxylation sites is 1. The third kappa shape index (κ3) is 1.86. The highest BCUT2D eigenvalue weighted by atomic mass is 16.5. The van der Waals surface area contributed by atoms with Gasteiger partial charge in [0.1, 0.15) is 18.7 Å². The van der Waals surface area contributed by atoms with Crippen LogP contribution in [0, 0.1) is 0 Å². The zero-order chi connectivity index (χ0) is 15.1. The summed E-state index contributed by atoms with van der Waals surface area (Å²) in [6.45, 7) is 2.60. The largest absolute Gasteiger partial charge is 0.465 e. The summed E-state index contributed by atoms with van der Waals surface area (Å²) in [5, 5.41) is 0.944. The van der Waals surface area contributed by atoms with E-state index >= 15 is 0 Å². The zero-order valence-corrected chi connectivity index (χ0v) is 12.0. The minimum Gasteiger partial charge on any atom is -0.465 e. The summed E-state index contributed by atoms with van der Waals surface area (Å²) in [6, 6.07) is 7.77. The summed E-state index contributed by atoms with van der Waals surface area (Å²) >= 11 is 0. The van der Waals surface area contributed by atoms with E-state index in [0.717, 1.165) is 16.4 Å². The Morgan fingerprint density at radius 3 is 2.82 bits per heavy atom. The number of aromatic nitrogens is 3. The normalized spacial score (nSPS) is 13.0. The SMILES string of the molecule is CCOC(=O)Cn1c2ccccc2c2nc3c(nc21)=NCN=3. The van der Waals surface area contributed by atoms with Crippen molar-refractivity contribution in [3.8, 4) is 0 Å². The standard InChI is InChI=1S/C15H13N5O2/c1-2-22-11(21)7-20-10-6-4-3-5-9(10)12-15(20)19-14-13(18-12)16-8-17-14/h3-6H,2,7-8H2,1H3. The fraction of sp³-hybridized carbons (Fsp3) is 0.267. The lowest BCUT2D eigenvalue weighted by Gasteiger charge is -2.05. The van der Waals surface area contributed by atoms with E-state index in [9.17, 15) is 4.79 Å². The van der Waals surface area contributed by atoms with Crippen LogP contribution in [0.4, 0.5) is 0 Å². The number of nitrogens with zero attached hydrogens (tertiary/aromatic N) is 5. The Kier molecular flexibility index (Phi) is 2.85. The van der Waals surface area contributed by atoms with Crippen molar-refractivity contribution in [1.82, 2.24) is 14.5 Å². The van der Waals surface area contributed by atoms with Crippen molar-refractivity contribution in [2.75, 3.05) is 13.3 Å². The lowest BCUT2D eigenvalue weighted by molar-refractivity contribution is -0.143. The van der Waals surface area contributed by atoms with Crippen molar-refractivity contribution in [3.05, 3.63) is 35.2 Å². The number of ether oxygens (including phenoxy) is 1. The summed E-state index contributed by atoms with van der Waals surface area (Å²) in [5.74, 6) is -0.297. The molecule has 0 fully saturated rings. The number of carbonyl (C=O) groups is 1. The topological polar surface area (TPSA) is 81.7 Å². The van der Waals surface area contributed by atoms with E-state index in [1.165, 1.54) is 0 Å². The van der Waals surface area contributed by atoms with E-state index in [1.54, 1.807) is 6.92 Å². The van der Waals surface area contributed by atoms with Crippen LogP contribution in [0.3, 0.4) is 0 Å². The fourth-order valence-electron chi connectivity index (χ4n) is 2.68. The summed E-state index contributed by atoms with van der Waals surface area (Å²) in [6.07, 6.45) is 0. The second-order valence-electron chi connectivity index (χ2n) is 4.91. The van der Waals surface area contributed by atoms with Gasteiger partial charge >= 0.3 is 5.97 Å². The number of esters is 1. The highest BCUT2D eigenvalue weighted by molar-refractivity contribution is 6.04. The quantitative estimate of drug-likeness (QED) is 0.653. The molecule has 4 rings (SSSR count). The molecular weight excluding hydrogens is 282 g/mol. The molecule has 0 saturated carbocycles. The van der Waals surface area contributed by atoms with Crippen LogP contribution in [0.5, 0.6) is 0 Å². The highest BCUT2D eigenvalue weighted by Gasteiger charge is 2.17. The molecule has 7 nitrogen and oxygen atoms in total. The van der Waals surface area contributed by atoms with E-state index in [4.69, 9.17) is 4.74 Å². The van der Waals surface area contributed by atoms with Gasteiger partial charge in [-0.2, -0.15) is 0 Å². The second-order valence-corrected chi connectivity index (χ2v) is 4.91. The van der Waals surface area contributed by atoms with Crippen LogP contribution in [0.2, 0.25) is 0 Å². The molecule has 110 valence electrons. The molecule has 0 spiro atoms. The van der Waals surface area contributed by atoms with Crippen LogP contribution in [0.25, 0.3) is 22.1 Å². The van der Waals surface area contributed by atoms with Gasteiger partial charge in [-0.05, 0) is 13.0 Å². The van der Waals surface area contributed by atoms with Crippen LogP contribution in [0.15, 0.2) is 34.3 Å². The van der Waals surface area contributed by atoms with Crippen molar-refractivity contribution in [3.63, 3.8) is 0 Å². The van der Waals surface area contributed by atoms with E-state index in [2.05, 4.69) is 20.0 Å². The average molecular weight is 295 g/mol. The molecule has 1 aliphatic heterocycles. The highest BCUT2D eigenvalue weighted by Crippen LogP contribution is 2.24. The smallest absolute Gasteiger partial charge is 0.326 e. The molecule has 1 aromatic carbocycles. The molecule has 0 aliphatic carbocycles. The van der Waals surface area contributed by atoms with Crippen LogP contribution in [-0.4, -0.2) is 33.8 Å². The fourth-order valence-corrected chi connectivity index (χ4v) is 2.68. The van der Waals surface area contributed by atoms with Gasteiger partial charge in [-0.15, -0.1) is 0 Å². The number of benzene rings is 1. The van der Waals surface area contributed by atoms with Gasteiger partial charge in [0.25, 0.3) is 0 Å². The Balaban J connectivity index is 2.04. The minimum atomic E-state index is -0.297. The first-order valence-electron chi connectivity index (χ1n) is 7.07. The molecule has 2 aromatic heterocycles. The Labute approximate surface area is 125 Å². The number of hydrogen-bond donors (Lipinski definition) is 0. The van der Waals surface area contributed by atoms with Gasteiger partial charge in [0.05, 0.1) is 12.1 Å². The van der Waals surface area contributed by atoms with Gasteiger partial charge in [-0.1, -0.05) is 18.2 Å². The van der Waals surface area contributed by atoms with Crippen molar-refractivity contribution >= 4 is 28.0 Å². The molecule has 3 heterocycles. The molecule has 22 heavy (non-hydrogen) atoms. The molecule has 0 unspecified atom stereocenters. The predicted octanol–water partition coefficient (Wildman–Crippen LogP) is 0.358. The maximum Gasteiger partial charge on any atom is 0.326 e. The summed E-state index contributed by atoms with van der Waals surface area (Å²) in [5.41, 5.74) is 3.36. The maximum absolute atomic E-state index is 11.9. The second kappa shape index (κ2) is 4.87. The van der Waals surface area contributed by atoms with Crippen molar-refractivity contribution in [2.24, 2.45) is 9.98 Å². The molecule has 0 N–H and O–H groups in total. The molecule has 3 aromatic rings. The molecule has 0 amide bonds. The first-order valence-corrected chi connectivity index (χ1v) is 7.07. The van der Waals surface area contributed by atoms with Gasteiger partial charge < -0.3 is 9.30 Å². The predicted molar refractivity (Wildman–Crippen MR) is 78.8 cm³/mol. The van der Waals surface area contributed by atoms with E-state index < -0.39 is 0 Å². The first-order chi connectivity index (χ1) is 10.8. The van der Waals surface area contributed by atoms with Gasteiger partial charge in [0.15, 0.2) is 16.6 Å². The van der Waals surface area contributed by atoms with Crippen LogP contribution >= 0.6 is 0 Å². The van der Waals surface area contributed by atoms with Crippen LogP contribution < -0.4 is 11.0 Å². The number of carbonyl (C=O) groups excluding carboxylic acids is 1. The van der Waals surface area contributed by atoms with Crippen LogP contribution in [-0.2, 0) is 16.1 Å². The number of fused-ring (bicyclic) bond motifs is 4. The van der Waals surface area contributed by atoms with Gasteiger partial charge in [-0.3, -0.25) is 4.79 Å². The van der Waals surface area contributed by atoms with Gasteiger partial charge in [-0.25, -0.2) is 20.0 Å². The minimum absolute atomic E-state index is 0.0997. The molecule has 7 heteroatoms. The van der Waals surface area contributed by atoms with E-state index in [0.29, 0.717) is 29.9 Å². The lowest BCUT2D eigenvalue weighted by Crippen LogP contribution is -2.29.